The highest BCUT2D eigenvalue weighted by Crippen LogP contribution is 2.24. The molecule has 0 aliphatic carbocycles. The highest BCUT2D eigenvalue weighted by atomic mass is 79.9. The van der Waals surface area contributed by atoms with Gasteiger partial charge in [-0.1, -0.05) is 22.9 Å². The van der Waals surface area contributed by atoms with Gasteiger partial charge in [-0.05, 0) is 11.6 Å². The summed E-state index contributed by atoms with van der Waals surface area (Å²) in [5.74, 6) is -0.0230. The number of benzene rings is 1. The van der Waals surface area contributed by atoms with Crippen molar-refractivity contribution in [3.63, 3.8) is 0 Å². The van der Waals surface area contributed by atoms with Crippen molar-refractivity contribution < 1.29 is 13.3 Å². The van der Waals surface area contributed by atoms with E-state index in [-0.39, 0.29) is 21.7 Å². The first-order valence-electron chi connectivity index (χ1n) is 4.48. The predicted octanol–water partition coefficient (Wildman–Crippen LogP) is 2.28. The van der Waals surface area contributed by atoms with Gasteiger partial charge in [0.1, 0.15) is 0 Å². The Morgan fingerprint density at radius 1 is 1.44 bits per heavy atom. The van der Waals surface area contributed by atoms with Gasteiger partial charge in [0.05, 0.1) is 15.6 Å². The number of hydrogen-bond donors (Lipinski definition) is 0. The standard InChI is InChI=1S/C9H10BrNO4S/c1-2-16(14,15)9-4-3-8(11(12)13)5-7(9)6-10/h3-5H,2,6H2,1H3. The van der Waals surface area contributed by atoms with Gasteiger partial charge in [0.25, 0.3) is 5.69 Å². The minimum Gasteiger partial charge on any atom is -0.258 e. The van der Waals surface area contributed by atoms with Crippen LogP contribution in [-0.4, -0.2) is 19.1 Å². The number of nitro groups is 1. The number of alkyl halides is 1. The van der Waals surface area contributed by atoms with E-state index in [2.05, 4.69) is 15.9 Å². The largest absolute Gasteiger partial charge is 0.269 e. The fourth-order valence-electron chi connectivity index (χ4n) is 1.24. The molecule has 0 bridgehead atoms. The van der Waals surface area contributed by atoms with Gasteiger partial charge in [0.2, 0.25) is 0 Å². The summed E-state index contributed by atoms with van der Waals surface area (Å²) in [6, 6.07) is 3.76. The van der Waals surface area contributed by atoms with Crippen LogP contribution in [0.2, 0.25) is 0 Å². The summed E-state index contributed by atoms with van der Waals surface area (Å²) in [5.41, 5.74) is 0.306. The quantitative estimate of drug-likeness (QED) is 0.486. The third-order valence-corrected chi connectivity index (χ3v) is 4.55. The molecule has 1 aromatic carbocycles. The average Bonchev–Trinajstić information content (AvgIpc) is 2.28. The molecule has 0 saturated carbocycles. The summed E-state index contributed by atoms with van der Waals surface area (Å²) < 4.78 is 23.3. The Kier molecular flexibility index (Phi) is 4.03. The first-order chi connectivity index (χ1) is 7.42. The number of halogens is 1. The third-order valence-electron chi connectivity index (χ3n) is 2.11. The second-order valence-electron chi connectivity index (χ2n) is 3.09. The molecule has 88 valence electrons. The molecule has 0 heterocycles. The van der Waals surface area contributed by atoms with Gasteiger partial charge < -0.3 is 0 Å². The number of nitro benzene ring substituents is 1. The van der Waals surface area contributed by atoms with Crippen LogP contribution in [0.15, 0.2) is 23.1 Å². The lowest BCUT2D eigenvalue weighted by molar-refractivity contribution is -0.385. The smallest absolute Gasteiger partial charge is 0.258 e. The molecule has 0 saturated heterocycles. The van der Waals surface area contributed by atoms with E-state index in [1.165, 1.54) is 25.1 Å². The van der Waals surface area contributed by atoms with E-state index in [0.29, 0.717) is 5.56 Å². The van der Waals surface area contributed by atoms with Crippen LogP contribution in [0.5, 0.6) is 0 Å². The normalized spacial score (nSPS) is 11.4. The fourth-order valence-corrected chi connectivity index (χ4v) is 3.01. The molecule has 5 nitrogen and oxygen atoms in total. The van der Waals surface area contributed by atoms with Gasteiger partial charge in [-0.15, -0.1) is 0 Å². The van der Waals surface area contributed by atoms with Crippen molar-refractivity contribution in [1.82, 2.24) is 0 Å². The van der Waals surface area contributed by atoms with Crippen LogP contribution in [0.25, 0.3) is 0 Å². The molecule has 1 rings (SSSR count). The van der Waals surface area contributed by atoms with Crippen LogP contribution >= 0.6 is 15.9 Å². The van der Waals surface area contributed by atoms with Crippen LogP contribution in [0, 0.1) is 10.1 Å². The topological polar surface area (TPSA) is 77.3 Å². The van der Waals surface area contributed by atoms with Crippen LogP contribution in [-0.2, 0) is 15.2 Å². The molecule has 0 fully saturated rings. The maximum absolute atomic E-state index is 11.7. The minimum absolute atomic E-state index is 0.0230. The lowest BCUT2D eigenvalue weighted by Crippen LogP contribution is -2.07. The highest BCUT2D eigenvalue weighted by molar-refractivity contribution is 9.08. The molecule has 16 heavy (non-hydrogen) atoms. The van der Waals surface area contributed by atoms with Gasteiger partial charge >= 0.3 is 0 Å². The Bertz CT molecular complexity index is 512. The molecule has 0 radical (unpaired) electrons. The van der Waals surface area contributed by atoms with Gasteiger partial charge in [-0.25, -0.2) is 8.42 Å². The molecule has 0 unspecified atom stereocenters. The molecule has 0 aliphatic heterocycles. The van der Waals surface area contributed by atoms with Gasteiger partial charge in [-0.2, -0.15) is 0 Å². The summed E-state index contributed by atoms with van der Waals surface area (Å²) in [4.78, 5) is 10.1. The van der Waals surface area contributed by atoms with E-state index in [4.69, 9.17) is 0 Å². The van der Waals surface area contributed by atoms with E-state index >= 15 is 0 Å². The Hall–Kier alpha value is -0.950. The Balaban J connectivity index is 3.39. The van der Waals surface area contributed by atoms with Crippen LogP contribution in [0.1, 0.15) is 12.5 Å². The lowest BCUT2D eigenvalue weighted by Gasteiger charge is -2.06. The van der Waals surface area contributed by atoms with Crippen molar-refractivity contribution in [3.8, 4) is 0 Å². The first-order valence-corrected chi connectivity index (χ1v) is 7.25. The summed E-state index contributed by atoms with van der Waals surface area (Å²) in [5, 5.41) is 10.8. The van der Waals surface area contributed by atoms with Crippen molar-refractivity contribution in [3.05, 3.63) is 33.9 Å². The molecular weight excluding hydrogens is 298 g/mol. The number of rotatable bonds is 4. The molecule has 0 atom stereocenters. The second-order valence-corrected chi connectivity index (χ2v) is 5.89. The summed E-state index contributed by atoms with van der Waals surface area (Å²) in [6.45, 7) is 1.54. The van der Waals surface area contributed by atoms with E-state index < -0.39 is 14.8 Å². The van der Waals surface area contributed by atoms with Crippen molar-refractivity contribution in [2.24, 2.45) is 0 Å². The third kappa shape index (κ3) is 2.59. The zero-order valence-electron chi connectivity index (χ0n) is 8.51. The molecule has 0 aromatic heterocycles. The van der Waals surface area contributed by atoms with E-state index in [9.17, 15) is 18.5 Å². The number of sulfone groups is 1. The maximum atomic E-state index is 11.7. The van der Waals surface area contributed by atoms with Crippen molar-refractivity contribution in [2.45, 2.75) is 17.1 Å². The Labute approximate surface area is 102 Å². The van der Waals surface area contributed by atoms with E-state index in [1.807, 2.05) is 0 Å². The minimum atomic E-state index is -3.34. The summed E-state index contributed by atoms with van der Waals surface area (Å²) in [6.07, 6.45) is 0. The van der Waals surface area contributed by atoms with Crippen molar-refractivity contribution in [2.75, 3.05) is 5.75 Å². The molecular formula is C9H10BrNO4S. The Morgan fingerprint density at radius 3 is 2.50 bits per heavy atom. The molecule has 7 heteroatoms. The van der Waals surface area contributed by atoms with E-state index in [0.717, 1.165) is 0 Å². The van der Waals surface area contributed by atoms with Crippen molar-refractivity contribution in [1.29, 1.82) is 0 Å². The second kappa shape index (κ2) is 4.92. The molecule has 1 aromatic rings. The average molecular weight is 308 g/mol. The monoisotopic (exact) mass is 307 g/mol. The number of hydrogen-bond acceptors (Lipinski definition) is 4. The maximum Gasteiger partial charge on any atom is 0.269 e. The predicted molar refractivity (Wildman–Crippen MR) is 63.5 cm³/mol. The molecule has 0 N–H and O–H groups in total. The van der Waals surface area contributed by atoms with Gasteiger partial charge in [-0.3, -0.25) is 10.1 Å². The molecule has 0 amide bonds. The van der Waals surface area contributed by atoms with E-state index in [1.54, 1.807) is 0 Å². The molecule has 0 spiro atoms. The fraction of sp³-hybridized carbons (Fsp3) is 0.333. The Morgan fingerprint density at radius 2 is 2.06 bits per heavy atom. The number of non-ortho nitro benzene ring substituents is 1. The van der Waals surface area contributed by atoms with Crippen LogP contribution in [0.3, 0.4) is 0 Å². The molecule has 0 aliphatic rings. The van der Waals surface area contributed by atoms with Crippen LogP contribution < -0.4 is 0 Å². The number of nitrogens with zero attached hydrogens (tertiary/aromatic N) is 1. The summed E-state index contributed by atoms with van der Waals surface area (Å²) in [7, 11) is -3.34. The zero-order valence-corrected chi connectivity index (χ0v) is 10.9. The van der Waals surface area contributed by atoms with Crippen molar-refractivity contribution >= 4 is 31.5 Å². The van der Waals surface area contributed by atoms with Crippen LogP contribution in [0.4, 0.5) is 5.69 Å². The first kappa shape index (κ1) is 13.1. The zero-order chi connectivity index (χ0) is 12.3. The highest BCUT2D eigenvalue weighted by Gasteiger charge is 2.18. The van der Waals surface area contributed by atoms with Gasteiger partial charge in [0, 0.05) is 17.5 Å². The SMILES string of the molecule is CCS(=O)(=O)c1ccc([N+](=O)[O-])cc1CBr. The summed E-state index contributed by atoms with van der Waals surface area (Å²) >= 11 is 3.13. The van der Waals surface area contributed by atoms with Gasteiger partial charge in [0.15, 0.2) is 9.84 Å². The lowest BCUT2D eigenvalue weighted by atomic mass is 10.2.